The van der Waals surface area contributed by atoms with Crippen molar-refractivity contribution < 1.29 is 13.3 Å². The van der Waals surface area contributed by atoms with Crippen LogP contribution in [0.25, 0.3) is 0 Å². The first-order valence-electron chi connectivity index (χ1n) is 7.23. The molecule has 0 radical (unpaired) electrons. The molecule has 122 valence electrons. The van der Waals surface area contributed by atoms with Gasteiger partial charge in [-0.15, -0.1) is 0 Å². The number of nitrogens with two attached hydrogens (primary N) is 1. The summed E-state index contributed by atoms with van der Waals surface area (Å²) in [7, 11) is -3.74. The summed E-state index contributed by atoms with van der Waals surface area (Å²) in [6.07, 6.45) is 1.67. The van der Waals surface area contributed by atoms with E-state index in [4.69, 9.17) is 5.73 Å². The van der Waals surface area contributed by atoms with E-state index < -0.39 is 14.9 Å². The molecule has 0 aliphatic carbocycles. The van der Waals surface area contributed by atoms with Gasteiger partial charge in [-0.25, -0.2) is 8.42 Å². The van der Waals surface area contributed by atoms with Gasteiger partial charge in [0.1, 0.15) is 0 Å². The number of piperidine rings is 1. The maximum Gasteiger partial charge on any atom is 0.271 e. The minimum absolute atomic E-state index is 0.0249. The van der Waals surface area contributed by atoms with E-state index in [1.807, 2.05) is 0 Å². The van der Waals surface area contributed by atoms with Gasteiger partial charge in [-0.2, -0.15) is 4.31 Å². The van der Waals surface area contributed by atoms with Crippen molar-refractivity contribution in [3.8, 4) is 0 Å². The van der Waals surface area contributed by atoms with Gasteiger partial charge in [0.25, 0.3) is 5.69 Å². The smallest absolute Gasteiger partial charge is 0.271 e. The van der Waals surface area contributed by atoms with Gasteiger partial charge in [0.2, 0.25) is 10.0 Å². The van der Waals surface area contributed by atoms with Crippen molar-refractivity contribution in [2.24, 2.45) is 11.7 Å². The Kier molecular flexibility index (Phi) is 4.84. The summed E-state index contributed by atoms with van der Waals surface area (Å²) in [5.41, 5.74) is 6.61. The van der Waals surface area contributed by atoms with Gasteiger partial charge in [-0.05, 0) is 50.3 Å². The van der Waals surface area contributed by atoms with Crippen LogP contribution in [0.15, 0.2) is 17.0 Å². The molecule has 1 heterocycles. The number of rotatable bonds is 4. The minimum atomic E-state index is -3.74. The number of nitrogens with zero attached hydrogens (tertiary/aromatic N) is 2. The number of hydrogen-bond donors (Lipinski definition) is 1. The lowest BCUT2D eigenvalue weighted by Gasteiger charge is -2.31. The van der Waals surface area contributed by atoms with Gasteiger partial charge in [0.15, 0.2) is 0 Å². The monoisotopic (exact) mass is 327 g/mol. The number of nitro groups is 1. The van der Waals surface area contributed by atoms with Gasteiger partial charge < -0.3 is 5.73 Å². The van der Waals surface area contributed by atoms with Crippen LogP contribution in [0.5, 0.6) is 0 Å². The molecule has 1 atom stereocenters. The van der Waals surface area contributed by atoms with Crippen molar-refractivity contribution in [1.82, 2.24) is 4.31 Å². The molecule has 1 aliphatic heterocycles. The van der Waals surface area contributed by atoms with Crippen LogP contribution >= 0.6 is 0 Å². The Bertz CT molecular complexity index is 688. The van der Waals surface area contributed by atoms with E-state index in [1.54, 1.807) is 13.8 Å². The highest BCUT2D eigenvalue weighted by Gasteiger charge is 2.32. The first-order chi connectivity index (χ1) is 10.3. The Morgan fingerprint density at radius 3 is 2.68 bits per heavy atom. The Morgan fingerprint density at radius 2 is 2.09 bits per heavy atom. The third-order valence-corrected chi connectivity index (χ3v) is 6.24. The van der Waals surface area contributed by atoms with Crippen LogP contribution in [0.4, 0.5) is 5.69 Å². The minimum Gasteiger partial charge on any atom is -0.330 e. The highest BCUT2D eigenvalue weighted by atomic mass is 32.2. The molecule has 0 saturated carbocycles. The van der Waals surface area contributed by atoms with Crippen LogP contribution in [0, 0.1) is 29.9 Å². The maximum atomic E-state index is 12.9. The van der Waals surface area contributed by atoms with Crippen LogP contribution in [0.2, 0.25) is 0 Å². The van der Waals surface area contributed by atoms with E-state index in [-0.39, 0.29) is 16.5 Å². The van der Waals surface area contributed by atoms with E-state index in [1.165, 1.54) is 10.4 Å². The molecule has 1 unspecified atom stereocenters. The molecule has 1 saturated heterocycles. The first-order valence-corrected chi connectivity index (χ1v) is 8.67. The first kappa shape index (κ1) is 16.9. The second-order valence-corrected chi connectivity index (χ2v) is 7.66. The summed E-state index contributed by atoms with van der Waals surface area (Å²) in [6.45, 7) is 4.61. The van der Waals surface area contributed by atoms with Crippen molar-refractivity contribution in [2.75, 3.05) is 19.6 Å². The van der Waals surface area contributed by atoms with E-state index in [0.717, 1.165) is 18.9 Å². The molecular formula is C14H21N3O4S. The van der Waals surface area contributed by atoms with Crippen molar-refractivity contribution in [1.29, 1.82) is 0 Å². The fourth-order valence-electron chi connectivity index (χ4n) is 2.76. The van der Waals surface area contributed by atoms with Crippen LogP contribution in [-0.4, -0.2) is 37.3 Å². The summed E-state index contributed by atoms with van der Waals surface area (Å²) in [4.78, 5) is 10.5. The molecule has 0 aromatic heterocycles. The second kappa shape index (κ2) is 6.31. The van der Waals surface area contributed by atoms with Gasteiger partial charge in [-0.1, -0.05) is 0 Å². The van der Waals surface area contributed by atoms with Crippen molar-refractivity contribution in [3.63, 3.8) is 0 Å². The topological polar surface area (TPSA) is 107 Å². The SMILES string of the molecule is Cc1cc([N+](=O)[O-])cc(S(=O)(=O)N2CCCC(CN)C2)c1C. The van der Waals surface area contributed by atoms with Crippen LogP contribution in [-0.2, 0) is 10.0 Å². The highest BCUT2D eigenvalue weighted by Crippen LogP contribution is 2.30. The number of benzene rings is 1. The number of non-ortho nitro benzene ring substituents is 1. The fraction of sp³-hybridized carbons (Fsp3) is 0.571. The Hall–Kier alpha value is -1.51. The zero-order valence-electron chi connectivity index (χ0n) is 12.8. The lowest BCUT2D eigenvalue weighted by Crippen LogP contribution is -2.42. The average molecular weight is 327 g/mol. The normalized spacial score (nSPS) is 20.0. The summed E-state index contributed by atoms with van der Waals surface area (Å²) in [6, 6.07) is 2.55. The van der Waals surface area contributed by atoms with Crippen LogP contribution < -0.4 is 5.73 Å². The molecule has 1 fully saturated rings. The molecule has 0 spiro atoms. The second-order valence-electron chi connectivity index (χ2n) is 5.75. The predicted molar refractivity (Wildman–Crippen MR) is 83.1 cm³/mol. The molecule has 2 N–H and O–H groups in total. The molecule has 1 aromatic carbocycles. The third kappa shape index (κ3) is 3.13. The molecule has 8 heteroatoms. The number of aryl methyl sites for hydroxylation is 1. The lowest BCUT2D eigenvalue weighted by molar-refractivity contribution is -0.385. The molecule has 7 nitrogen and oxygen atoms in total. The number of sulfonamides is 1. The molecule has 22 heavy (non-hydrogen) atoms. The number of hydrogen-bond acceptors (Lipinski definition) is 5. The highest BCUT2D eigenvalue weighted by molar-refractivity contribution is 7.89. The van der Waals surface area contributed by atoms with Crippen molar-refractivity contribution in [2.45, 2.75) is 31.6 Å². The Labute approximate surface area is 130 Å². The molecule has 0 amide bonds. The van der Waals surface area contributed by atoms with E-state index in [2.05, 4.69) is 0 Å². The Morgan fingerprint density at radius 1 is 1.41 bits per heavy atom. The summed E-state index contributed by atoms with van der Waals surface area (Å²) in [5.74, 6) is 0.142. The number of nitro benzene ring substituents is 1. The van der Waals surface area contributed by atoms with Crippen molar-refractivity contribution >= 4 is 15.7 Å². The van der Waals surface area contributed by atoms with Gasteiger partial charge in [0, 0.05) is 25.2 Å². The summed E-state index contributed by atoms with van der Waals surface area (Å²) in [5, 5.41) is 11.0. The Balaban J connectivity index is 2.47. The van der Waals surface area contributed by atoms with E-state index in [0.29, 0.717) is 30.8 Å². The zero-order valence-corrected chi connectivity index (χ0v) is 13.6. The standard InChI is InChI=1S/C14H21N3O4S/c1-10-6-13(17(18)19)7-14(11(10)2)22(20,21)16-5-3-4-12(8-15)9-16/h6-7,12H,3-5,8-9,15H2,1-2H3. The maximum absolute atomic E-state index is 12.9. The van der Waals surface area contributed by atoms with Crippen LogP contribution in [0.1, 0.15) is 24.0 Å². The van der Waals surface area contributed by atoms with E-state index in [9.17, 15) is 18.5 Å². The average Bonchev–Trinajstić information content (AvgIpc) is 2.49. The summed E-state index contributed by atoms with van der Waals surface area (Å²) >= 11 is 0. The third-order valence-electron chi connectivity index (χ3n) is 4.25. The molecule has 1 aliphatic rings. The molecule has 0 bridgehead atoms. The van der Waals surface area contributed by atoms with Gasteiger partial charge in [-0.3, -0.25) is 10.1 Å². The lowest BCUT2D eigenvalue weighted by atomic mass is 10.0. The van der Waals surface area contributed by atoms with Gasteiger partial charge in [0.05, 0.1) is 9.82 Å². The van der Waals surface area contributed by atoms with Crippen molar-refractivity contribution in [3.05, 3.63) is 33.4 Å². The van der Waals surface area contributed by atoms with Crippen LogP contribution in [0.3, 0.4) is 0 Å². The van der Waals surface area contributed by atoms with E-state index >= 15 is 0 Å². The zero-order chi connectivity index (χ0) is 16.5. The summed E-state index contributed by atoms with van der Waals surface area (Å²) < 4.78 is 27.1. The molecule has 2 rings (SSSR count). The largest absolute Gasteiger partial charge is 0.330 e. The predicted octanol–water partition coefficient (Wildman–Crippen LogP) is 1.57. The molecule has 1 aromatic rings. The quantitative estimate of drug-likeness (QED) is 0.667. The molecular weight excluding hydrogens is 306 g/mol. The fourth-order valence-corrected chi connectivity index (χ4v) is 4.63. The van der Waals surface area contributed by atoms with Gasteiger partial charge >= 0.3 is 0 Å².